The summed E-state index contributed by atoms with van der Waals surface area (Å²) in [4.78, 5) is 129. The maximum absolute atomic E-state index is 14.6. The molecule has 2 aromatic rings. The molecule has 0 spiro atoms. The number of rotatable bonds is 30. The van der Waals surface area contributed by atoms with Gasteiger partial charge in [-0.2, -0.15) is 0 Å². The number of carboxylic acids is 1. The van der Waals surface area contributed by atoms with Crippen LogP contribution in [0.5, 0.6) is 0 Å². The fourth-order valence-electron chi connectivity index (χ4n) is 9.17. The molecule has 1 saturated heterocycles. The molecule has 8 amide bonds. The van der Waals surface area contributed by atoms with Crippen molar-refractivity contribution in [2.45, 2.75) is 189 Å². The van der Waals surface area contributed by atoms with E-state index in [0.717, 1.165) is 10.9 Å². The minimum Gasteiger partial charge on any atom is -0.480 e. The topological polar surface area (TPSA) is 323 Å². The van der Waals surface area contributed by atoms with Crippen molar-refractivity contribution in [1.82, 2.24) is 47.1 Å². The normalized spacial score (nSPS) is 17.7. The van der Waals surface area contributed by atoms with E-state index in [9.17, 15) is 53.4 Å². The Hall–Kier alpha value is -6.09. The van der Waals surface area contributed by atoms with Gasteiger partial charge in [0.15, 0.2) is 0 Å². The quantitative estimate of drug-likeness (QED) is 0.0538. The van der Waals surface area contributed by atoms with Crippen LogP contribution in [0.4, 0.5) is 0 Å². The largest absolute Gasteiger partial charge is 0.480 e. The van der Waals surface area contributed by atoms with E-state index in [2.05, 4.69) is 42.2 Å². The first-order valence-electron chi connectivity index (χ1n) is 26.8. The summed E-state index contributed by atoms with van der Waals surface area (Å²) in [6, 6.07) is -3.15. The SMILES string of the molecule is CC[C@H](C)[C@H](NC(=O)[C@H](Cc1c[nH]c2ccccc12)NC(=O)[C@H](CC(C)C)NC(=O)[C@@H]1CCCN1C(=O)[C@@H](NC(=O)[C@H](CO)NC(=O)[C@H](CC(C)C)NC(=O)[C@@H](N)CC(C)C)[C@@H](C)CC)C(=O)N[C@H](C(=O)O)C(C)C. The number of aliphatic carboxylic acids is 1. The van der Waals surface area contributed by atoms with E-state index in [0.29, 0.717) is 31.2 Å². The number of likely N-dealkylation sites (tertiary alicyclic amines) is 1. The third kappa shape index (κ3) is 18.6. The number of hydrogen-bond donors (Lipinski definition) is 11. The van der Waals surface area contributed by atoms with Crippen LogP contribution in [0.3, 0.4) is 0 Å². The molecule has 21 heteroatoms. The molecular formula is C54H88N10O11. The third-order valence-corrected chi connectivity index (χ3v) is 13.9. The lowest BCUT2D eigenvalue weighted by Crippen LogP contribution is -2.62. The number of nitrogens with zero attached hydrogens (tertiary/aromatic N) is 1. The molecule has 1 aromatic heterocycles. The zero-order valence-corrected chi connectivity index (χ0v) is 46.2. The van der Waals surface area contributed by atoms with Crippen molar-refractivity contribution in [3.05, 3.63) is 36.0 Å². The van der Waals surface area contributed by atoms with Gasteiger partial charge < -0.3 is 63.0 Å². The zero-order valence-electron chi connectivity index (χ0n) is 46.2. The molecule has 11 atom stereocenters. The second kappa shape index (κ2) is 29.9. The smallest absolute Gasteiger partial charge is 0.326 e. The summed E-state index contributed by atoms with van der Waals surface area (Å²) in [5, 5.41) is 40.0. The molecule has 1 fully saturated rings. The highest BCUT2D eigenvalue weighted by Crippen LogP contribution is 2.24. The predicted molar refractivity (Wildman–Crippen MR) is 285 cm³/mol. The van der Waals surface area contributed by atoms with Gasteiger partial charge in [-0.25, -0.2) is 4.79 Å². The molecule has 2 heterocycles. The number of carbonyl (C=O) groups is 9. The van der Waals surface area contributed by atoms with Gasteiger partial charge in [0, 0.05) is 30.1 Å². The van der Waals surface area contributed by atoms with E-state index < -0.39 is 132 Å². The van der Waals surface area contributed by atoms with Crippen LogP contribution in [0.2, 0.25) is 0 Å². The van der Waals surface area contributed by atoms with Crippen LogP contribution in [0.15, 0.2) is 30.5 Å². The van der Waals surface area contributed by atoms with Gasteiger partial charge >= 0.3 is 5.97 Å². The number of para-hydroxylation sites is 1. The number of aromatic nitrogens is 1. The van der Waals surface area contributed by atoms with E-state index in [1.54, 1.807) is 33.9 Å². The van der Waals surface area contributed by atoms with Gasteiger partial charge in [-0.15, -0.1) is 0 Å². The Kier molecular flexibility index (Phi) is 25.2. The molecular weight excluding hydrogens is 965 g/mol. The molecule has 21 nitrogen and oxygen atoms in total. The lowest BCUT2D eigenvalue weighted by atomic mass is 9.95. The monoisotopic (exact) mass is 1050 g/mol. The number of amides is 8. The number of carbonyl (C=O) groups excluding carboxylic acids is 8. The van der Waals surface area contributed by atoms with Crippen molar-refractivity contribution >= 4 is 64.1 Å². The second-order valence-electron chi connectivity index (χ2n) is 22.0. The minimum atomic E-state index is -1.50. The Bertz CT molecular complexity index is 2270. The Morgan fingerprint density at radius 1 is 0.627 bits per heavy atom. The second-order valence-corrected chi connectivity index (χ2v) is 22.0. The first-order chi connectivity index (χ1) is 35.2. The van der Waals surface area contributed by atoms with Gasteiger partial charge in [-0.05, 0) is 79.2 Å². The van der Waals surface area contributed by atoms with E-state index in [4.69, 9.17) is 5.73 Å². The maximum Gasteiger partial charge on any atom is 0.326 e. The first-order valence-corrected chi connectivity index (χ1v) is 26.8. The summed E-state index contributed by atoms with van der Waals surface area (Å²) in [5.41, 5.74) is 7.56. The number of aliphatic hydroxyl groups is 1. The van der Waals surface area contributed by atoms with Crippen LogP contribution < -0.4 is 43.0 Å². The van der Waals surface area contributed by atoms with Crippen molar-refractivity contribution in [1.29, 1.82) is 0 Å². The molecule has 75 heavy (non-hydrogen) atoms. The molecule has 0 aliphatic carbocycles. The van der Waals surface area contributed by atoms with Crippen LogP contribution >= 0.6 is 0 Å². The van der Waals surface area contributed by atoms with Gasteiger partial charge in [-0.3, -0.25) is 38.4 Å². The van der Waals surface area contributed by atoms with Crippen LogP contribution in [-0.2, 0) is 49.6 Å². The molecule has 3 rings (SSSR count). The Balaban J connectivity index is 1.89. The van der Waals surface area contributed by atoms with E-state index >= 15 is 0 Å². The van der Waals surface area contributed by atoms with Gasteiger partial charge in [0.25, 0.3) is 0 Å². The van der Waals surface area contributed by atoms with Crippen LogP contribution in [0.25, 0.3) is 10.9 Å². The molecule has 1 aromatic carbocycles. The molecule has 420 valence electrons. The minimum absolute atomic E-state index is 0.0286. The van der Waals surface area contributed by atoms with Crippen molar-refractivity contribution in [2.75, 3.05) is 13.2 Å². The van der Waals surface area contributed by atoms with Gasteiger partial charge in [-0.1, -0.05) is 114 Å². The number of aromatic amines is 1. The maximum atomic E-state index is 14.6. The van der Waals surface area contributed by atoms with Crippen LogP contribution in [0.1, 0.15) is 134 Å². The lowest BCUT2D eigenvalue weighted by molar-refractivity contribution is -0.144. The van der Waals surface area contributed by atoms with Gasteiger partial charge in [0.2, 0.25) is 47.3 Å². The Morgan fingerprint density at radius 2 is 1.12 bits per heavy atom. The summed E-state index contributed by atoms with van der Waals surface area (Å²) in [6.45, 7) is 21.0. The number of nitrogens with two attached hydrogens (primary N) is 1. The molecule has 0 radical (unpaired) electrons. The molecule has 0 bridgehead atoms. The standard InChI is InChI=1S/C54H88N10O11/c1-13-32(11)44(52(72)61-43(31(9)10)54(74)75)62-49(69)40(25-34-26-56-37-19-16-15-18-35(34)37)58-47(67)39(24-30(7)8)59-51(71)42-20-17-21-64(42)53(73)45(33(12)14-2)63-50(70)41(27-65)60-48(68)38(23-29(5)6)57-46(66)36(55)22-28(3)4/h15-16,18-19,26,28-33,36,38-45,56,65H,13-14,17,20-25,27,55H2,1-12H3,(H,57,66)(H,58,67)(H,59,71)(H,60,68)(H,61,72)(H,62,69)(H,63,70)(H,74,75)/t32-,33-,36-,38-,39-,40-,41-,42-,43-,44-,45-/m0/s1. The highest BCUT2D eigenvalue weighted by Gasteiger charge is 2.42. The van der Waals surface area contributed by atoms with Crippen molar-refractivity contribution in [2.24, 2.45) is 41.2 Å². The summed E-state index contributed by atoms with van der Waals surface area (Å²) in [7, 11) is 0. The number of nitrogens with one attached hydrogen (secondary N) is 8. The van der Waals surface area contributed by atoms with Gasteiger partial charge in [0.05, 0.1) is 12.6 Å². The molecule has 1 aliphatic heterocycles. The summed E-state index contributed by atoms with van der Waals surface area (Å²) in [6.07, 6.45) is 3.96. The molecule has 12 N–H and O–H groups in total. The average Bonchev–Trinajstić information content (AvgIpc) is 4.01. The highest BCUT2D eigenvalue weighted by molar-refractivity contribution is 5.99. The number of H-pyrrole nitrogens is 1. The summed E-state index contributed by atoms with van der Waals surface area (Å²) in [5.74, 6) is -8.07. The summed E-state index contributed by atoms with van der Waals surface area (Å²) >= 11 is 0. The highest BCUT2D eigenvalue weighted by atomic mass is 16.4. The third-order valence-electron chi connectivity index (χ3n) is 13.9. The number of fused-ring (bicyclic) bond motifs is 1. The zero-order chi connectivity index (χ0) is 56.4. The van der Waals surface area contributed by atoms with Crippen molar-refractivity contribution in [3.8, 4) is 0 Å². The Morgan fingerprint density at radius 3 is 1.67 bits per heavy atom. The van der Waals surface area contributed by atoms with E-state index in [1.165, 1.54) is 4.90 Å². The average molecular weight is 1050 g/mol. The molecule has 0 saturated carbocycles. The number of carboxylic acid groups (broad SMARTS) is 1. The molecule has 0 unspecified atom stereocenters. The predicted octanol–water partition coefficient (Wildman–Crippen LogP) is 2.39. The van der Waals surface area contributed by atoms with Crippen LogP contribution in [0, 0.1) is 35.5 Å². The van der Waals surface area contributed by atoms with Gasteiger partial charge in [0.1, 0.15) is 48.3 Å². The lowest BCUT2D eigenvalue weighted by Gasteiger charge is -2.33. The van der Waals surface area contributed by atoms with E-state index in [-0.39, 0.29) is 50.0 Å². The van der Waals surface area contributed by atoms with Crippen molar-refractivity contribution in [3.63, 3.8) is 0 Å². The fourth-order valence-corrected chi connectivity index (χ4v) is 9.17. The number of benzene rings is 1. The Labute approximate surface area is 442 Å². The van der Waals surface area contributed by atoms with Crippen molar-refractivity contribution < 1.29 is 53.4 Å². The first kappa shape index (κ1) is 63.2. The van der Waals surface area contributed by atoms with E-state index in [1.807, 2.05) is 79.7 Å². The molecule has 1 aliphatic rings. The fraction of sp³-hybridized carbons (Fsp3) is 0.685. The number of aliphatic hydroxyl groups excluding tert-OH is 1. The number of hydrogen-bond acceptors (Lipinski definition) is 11. The van der Waals surface area contributed by atoms with Crippen LogP contribution in [-0.4, -0.2) is 141 Å². The summed E-state index contributed by atoms with van der Waals surface area (Å²) < 4.78 is 0.